The fraction of sp³-hybridized carbons (Fsp3) is 0.368. The average molecular weight is 280 g/mol. The standard InChI is InChI=1S/C19H24N2/c1-21-13-11-19(12-14-21)20-18-9-7-17(8-10-18)15-16-5-3-2-4-6-16/h2-10,19-20H,11-15H2,1H3. The van der Waals surface area contributed by atoms with E-state index in [0.29, 0.717) is 6.04 Å². The molecular weight excluding hydrogens is 256 g/mol. The van der Waals surface area contributed by atoms with E-state index in [0.717, 1.165) is 6.42 Å². The number of hydrogen-bond donors (Lipinski definition) is 1. The molecule has 3 rings (SSSR count). The molecule has 0 bridgehead atoms. The summed E-state index contributed by atoms with van der Waals surface area (Å²) in [5.74, 6) is 0. The topological polar surface area (TPSA) is 15.3 Å². The molecule has 1 aliphatic rings. The molecule has 2 heteroatoms. The van der Waals surface area contributed by atoms with Gasteiger partial charge in [0.05, 0.1) is 0 Å². The van der Waals surface area contributed by atoms with Crippen LogP contribution in [-0.4, -0.2) is 31.1 Å². The maximum atomic E-state index is 3.67. The number of anilines is 1. The highest BCUT2D eigenvalue weighted by molar-refractivity contribution is 5.46. The van der Waals surface area contributed by atoms with Crippen molar-refractivity contribution in [2.45, 2.75) is 25.3 Å². The van der Waals surface area contributed by atoms with E-state index in [9.17, 15) is 0 Å². The smallest absolute Gasteiger partial charge is 0.0342 e. The fourth-order valence-electron chi connectivity index (χ4n) is 2.94. The van der Waals surface area contributed by atoms with E-state index in [1.165, 1.54) is 42.7 Å². The first-order chi connectivity index (χ1) is 10.3. The summed E-state index contributed by atoms with van der Waals surface area (Å²) in [5, 5.41) is 3.67. The van der Waals surface area contributed by atoms with E-state index in [4.69, 9.17) is 0 Å². The van der Waals surface area contributed by atoms with Gasteiger partial charge in [-0.3, -0.25) is 0 Å². The average Bonchev–Trinajstić information content (AvgIpc) is 2.53. The SMILES string of the molecule is CN1CCC(Nc2ccc(Cc3ccccc3)cc2)CC1. The van der Waals surface area contributed by atoms with E-state index in [-0.39, 0.29) is 0 Å². The molecule has 0 atom stereocenters. The molecule has 0 aliphatic carbocycles. The van der Waals surface area contributed by atoms with Gasteiger partial charge in [0.25, 0.3) is 0 Å². The summed E-state index contributed by atoms with van der Waals surface area (Å²) in [6, 6.07) is 20.2. The minimum Gasteiger partial charge on any atom is -0.382 e. The molecule has 2 nitrogen and oxygen atoms in total. The molecule has 110 valence electrons. The highest BCUT2D eigenvalue weighted by atomic mass is 15.1. The number of nitrogens with one attached hydrogen (secondary N) is 1. The number of nitrogens with zero attached hydrogens (tertiary/aromatic N) is 1. The van der Waals surface area contributed by atoms with E-state index in [1.54, 1.807) is 0 Å². The van der Waals surface area contributed by atoms with Gasteiger partial charge in [0.1, 0.15) is 0 Å². The van der Waals surface area contributed by atoms with Crippen molar-refractivity contribution in [1.82, 2.24) is 4.90 Å². The Kier molecular flexibility index (Phi) is 4.56. The number of benzene rings is 2. The van der Waals surface area contributed by atoms with Crippen LogP contribution in [0.2, 0.25) is 0 Å². The highest BCUT2D eigenvalue weighted by Gasteiger charge is 2.15. The largest absolute Gasteiger partial charge is 0.382 e. The molecule has 1 aliphatic heterocycles. The third kappa shape index (κ3) is 4.08. The third-order valence-electron chi connectivity index (χ3n) is 4.29. The molecule has 2 aromatic carbocycles. The van der Waals surface area contributed by atoms with Crippen molar-refractivity contribution >= 4 is 5.69 Å². The van der Waals surface area contributed by atoms with Crippen LogP contribution in [0.3, 0.4) is 0 Å². The van der Waals surface area contributed by atoms with Gasteiger partial charge >= 0.3 is 0 Å². The zero-order chi connectivity index (χ0) is 14.5. The van der Waals surface area contributed by atoms with Crippen LogP contribution >= 0.6 is 0 Å². The van der Waals surface area contributed by atoms with Crippen molar-refractivity contribution in [3.63, 3.8) is 0 Å². The molecule has 0 radical (unpaired) electrons. The Balaban J connectivity index is 1.57. The van der Waals surface area contributed by atoms with Crippen LogP contribution in [0.15, 0.2) is 54.6 Å². The zero-order valence-electron chi connectivity index (χ0n) is 12.8. The van der Waals surface area contributed by atoms with Gasteiger partial charge in [-0.1, -0.05) is 42.5 Å². The lowest BCUT2D eigenvalue weighted by atomic mass is 10.0. The van der Waals surface area contributed by atoms with Gasteiger partial charge in [0.2, 0.25) is 0 Å². The lowest BCUT2D eigenvalue weighted by Crippen LogP contribution is -2.36. The quantitative estimate of drug-likeness (QED) is 0.917. The summed E-state index contributed by atoms with van der Waals surface area (Å²) in [7, 11) is 2.20. The highest BCUT2D eigenvalue weighted by Crippen LogP contribution is 2.18. The van der Waals surface area contributed by atoms with Crippen molar-refractivity contribution < 1.29 is 0 Å². The molecule has 1 N–H and O–H groups in total. The summed E-state index contributed by atoms with van der Waals surface area (Å²) in [6.07, 6.45) is 3.49. The molecule has 0 amide bonds. The van der Waals surface area contributed by atoms with Crippen molar-refractivity contribution in [3.05, 3.63) is 65.7 Å². The zero-order valence-corrected chi connectivity index (χ0v) is 12.8. The maximum Gasteiger partial charge on any atom is 0.0342 e. The van der Waals surface area contributed by atoms with Crippen LogP contribution < -0.4 is 5.32 Å². The lowest BCUT2D eigenvalue weighted by molar-refractivity contribution is 0.264. The maximum absolute atomic E-state index is 3.67. The van der Waals surface area contributed by atoms with Crippen molar-refractivity contribution in [2.75, 3.05) is 25.5 Å². The monoisotopic (exact) mass is 280 g/mol. The number of rotatable bonds is 4. The summed E-state index contributed by atoms with van der Waals surface area (Å²) in [4.78, 5) is 2.40. The van der Waals surface area contributed by atoms with Crippen LogP contribution in [0.4, 0.5) is 5.69 Å². The van der Waals surface area contributed by atoms with Gasteiger partial charge in [-0.15, -0.1) is 0 Å². The van der Waals surface area contributed by atoms with E-state index in [1.807, 2.05) is 0 Å². The molecule has 21 heavy (non-hydrogen) atoms. The summed E-state index contributed by atoms with van der Waals surface area (Å²) < 4.78 is 0. The van der Waals surface area contributed by atoms with Gasteiger partial charge in [0.15, 0.2) is 0 Å². The van der Waals surface area contributed by atoms with Crippen LogP contribution in [0.1, 0.15) is 24.0 Å². The molecule has 0 unspecified atom stereocenters. The predicted molar refractivity (Wildman–Crippen MR) is 89.8 cm³/mol. The van der Waals surface area contributed by atoms with Gasteiger partial charge < -0.3 is 10.2 Å². The Hall–Kier alpha value is -1.80. The first-order valence-electron chi connectivity index (χ1n) is 7.87. The van der Waals surface area contributed by atoms with Gasteiger partial charge in [-0.2, -0.15) is 0 Å². The number of hydrogen-bond acceptors (Lipinski definition) is 2. The second kappa shape index (κ2) is 6.77. The third-order valence-corrected chi connectivity index (χ3v) is 4.29. The Bertz CT molecular complexity index is 540. The van der Waals surface area contributed by atoms with Crippen LogP contribution in [-0.2, 0) is 6.42 Å². The first kappa shape index (κ1) is 14.2. The van der Waals surface area contributed by atoms with Crippen molar-refractivity contribution in [3.8, 4) is 0 Å². The molecular formula is C19H24N2. The molecule has 1 heterocycles. The number of likely N-dealkylation sites (tertiary alicyclic amines) is 1. The lowest BCUT2D eigenvalue weighted by Gasteiger charge is -2.30. The van der Waals surface area contributed by atoms with Crippen molar-refractivity contribution in [1.29, 1.82) is 0 Å². The van der Waals surface area contributed by atoms with Gasteiger partial charge in [-0.25, -0.2) is 0 Å². The summed E-state index contributed by atoms with van der Waals surface area (Å²) in [5.41, 5.74) is 3.99. The van der Waals surface area contributed by atoms with E-state index in [2.05, 4.69) is 71.9 Å². The fourth-order valence-corrected chi connectivity index (χ4v) is 2.94. The summed E-state index contributed by atoms with van der Waals surface area (Å²) >= 11 is 0. The normalized spacial score (nSPS) is 16.8. The predicted octanol–water partition coefficient (Wildman–Crippen LogP) is 3.78. The number of piperidine rings is 1. The molecule has 1 fully saturated rings. The molecule has 2 aromatic rings. The van der Waals surface area contributed by atoms with E-state index < -0.39 is 0 Å². The molecule has 0 saturated carbocycles. The molecule has 0 spiro atoms. The Morgan fingerprint density at radius 3 is 2.19 bits per heavy atom. The second-order valence-electron chi connectivity index (χ2n) is 6.08. The van der Waals surface area contributed by atoms with Crippen LogP contribution in [0.5, 0.6) is 0 Å². The van der Waals surface area contributed by atoms with Crippen LogP contribution in [0.25, 0.3) is 0 Å². The van der Waals surface area contributed by atoms with Gasteiger partial charge in [0, 0.05) is 11.7 Å². The second-order valence-corrected chi connectivity index (χ2v) is 6.08. The Labute approximate surface area is 127 Å². The Morgan fingerprint density at radius 2 is 1.52 bits per heavy atom. The molecule has 1 saturated heterocycles. The first-order valence-corrected chi connectivity index (χ1v) is 7.87. The van der Waals surface area contributed by atoms with Crippen LogP contribution in [0, 0.1) is 0 Å². The summed E-state index contributed by atoms with van der Waals surface area (Å²) in [6.45, 7) is 2.40. The molecule has 0 aromatic heterocycles. The minimum atomic E-state index is 0.626. The minimum absolute atomic E-state index is 0.626. The Morgan fingerprint density at radius 1 is 0.905 bits per heavy atom. The van der Waals surface area contributed by atoms with Gasteiger partial charge in [-0.05, 0) is 62.7 Å². The van der Waals surface area contributed by atoms with Crippen molar-refractivity contribution in [2.24, 2.45) is 0 Å². The van der Waals surface area contributed by atoms with E-state index >= 15 is 0 Å².